The first-order valence-corrected chi connectivity index (χ1v) is 8.56. The average Bonchev–Trinajstić information content (AvgIpc) is 2.87. The van der Waals surface area contributed by atoms with Gasteiger partial charge in [0.25, 0.3) is 0 Å². The normalized spacial score (nSPS) is 25.0. The van der Waals surface area contributed by atoms with E-state index < -0.39 is 0 Å². The zero-order valence-electron chi connectivity index (χ0n) is 14.3. The molecule has 3 aliphatic heterocycles. The van der Waals surface area contributed by atoms with E-state index in [-0.39, 0.29) is 24.8 Å². The maximum atomic E-state index is 12.4. The number of carbonyl (C=O) groups excluding carboxylic acids is 1. The number of carbonyl (C=O) groups is 1. The summed E-state index contributed by atoms with van der Waals surface area (Å²) in [5.41, 5.74) is 0.518. The van der Waals surface area contributed by atoms with Crippen LogP contribution in [0.1, 0.15) is 25.7 Å². The summed E-state index contributed by atoms with van der Waals surface area (Å²) in [5, 5.41) is 3.36. The van der Waals surface area contributed by atoms with Crippen molar-refractivity contribution < 1.29 is 4.79 Å². The molecule has 1 N–H and O–H groups in total. The van der Waals surface area contributed by atoms with Crippen LogP contribution in [0.25, 0.3) is 0 Å². The van der Waals surface area contributed by atoms with Crippen molar-refractivity contribution in [3.05, 3.63) is 0 Å². The Bertz CT molecular complexity index is 369. The van der Waals surface area contributed by atoms with Crippen LogP contribution >= 0.6 is 24.8 Å². The third kappa shape index (κ3) is 5.46. The van der Waals surface area contributed by atoms with Crippen molar-refractivity contribution in [1.29, 1.82) is 0 Å². The Morgan fingerprint density at radius 3 is 2.17 bits per heavy atom. The number of nitrogens with one attached hydrogen (secondary N) is 1. The molecule has 1 amide bonds. The van der Waals surface area contributed by atoms with Crippen LogP contribution < -0.4 is 5.32 Å². The Kier molecular flexibility index (Phi) is 8.59. The van der Waals surface area contributed by atoms with Crippen molar-refractivity contribution in [2.75, 3.05) is 66.0 Å². The molecule has 3 aliphatic rings. The first kappa shape index (κ1) is 21.0. The maximum absolute atomic E-state index is 12.4. The monoisotopic (exact) mass is 366 g/mol. The predicted octanol–water partition coefficient (Wildman–Crippen LogP) is 1.07. The van der Waals surface area contributed by atoms with Crippen molar-refractivity contribution in [3.63, 3.8) is 0 Å². The Morgan fingerprint density at radius 2 is 1.61 bits per heavy atom. The molecular weight excluding hydrogens is 335 g/mol. The van der Waals surface area contributed by atoms with E-state index in [0.717, 1.165) is 45.8 Å². The summed E-state index contributed by atoms with van der Waals surface area (Å²) >= 11 is 0. The molecule has 23 heavy (non-hydrogen) atoms. The number of nitrogens with zero attached hydrogens (tertiary/aromatic N) is 3. The lowest BCUT2D eigenvalue weighted by molar-refractivity contribution is -0.133. The van der Waals surface area contributed by atoms with Crippen molar-refractivity contribution in [3.8, 4) is 0 Å². The molecule has 0 aromatic rings. The summed E-state index contributed by atoms with van der Waals surface area (Å²) in [7, 11) is 2.22. The van der Waals surface area contributed by atoms with E-state index >= 15 is 0 Å². The highest BCUT2D eigenvalue weighted by atomic mass is 35.5. The second-order valence-electron chi connectivity index (χ2n) is 7.21. The first-order chi connectivity index (χ1) is 10.2. The van der Waals surface area contributed by atoms with Crippen molar-refractivity contribution in [2.24, 2.45) is 5.41 Å². The second kappa shape index (κ2) is 9.42. The Labute approximate surface area is 152 Å². The smallest absolute Gasteiger partial charge is 0.223 e. The Balaban J connectivity index is 0.00000132. The molecule has 0 aromatic carbocycles. The third-order valence-corrected chi connectivity index (χ3v) is 5.66. The molecule has 0 bridgehead atoms. The van der Waals surface area contributed by atoms with Gasteiger partial charge in [0, 0.05) is 58.8 Å². The lowest BCUT2D eigenvalue weighted by Gasteiger charge is -2.39. The van der Waals surface area contributed by atoms with E-state index in [0.29, 0.717) is 17.7 Å². The first-order valence-electron chi connectivity index (χ1n) is 8.56. The highest BCUT2D eigenvalue weighted by Gasteiger charge is 2.40. The van der Waals surface area contributed by atoms with Crippen LogP contribution in [0, 0.1) is 5.41 Å². The zero-order chi connectivity index (χ0) is 14.7. The second-order valence-corrected chi connectivity index (χ2v) is 7.21. The molecule has 7 heteroatoms. The van der Waals surface area contributed by atoms with E-state index in [2.05, 4.69) is 27.1 Å². The molecule has 0 aliphatic carbocycles. The topological polar surface area (TPSA) is 38.8 Å². The van der Waals surface area contributed by atoms with Crippen molar-refractivity contribution in [2.45, 2.75) is 25.7 Å². The number of rotatable bonds is 3. The van der Waals surface area contributed by atoms with Gasteiger partial charge in [0.15, 0.2) is 0 Å². The molecular formula is C16H32Cl2N4O. The fourth-order valence-electron chi connectivity index (χ4n) is 4.14. The highest BCUT2D eigenvalue weighted by molar-refractivity contribution is 5.85. The van der Waals surface area contributed by atoms with E-state index in [9.17, 15) is 4.79 Å². The van der Waals surface area contributed by atoms with E-state index in [1.807, 2.05) is 0 Å². The van der Waals surface area contributed by atoms with Gasteiger partial charge in [-0.15, -0.1) is 24.8 Å². The Hall–Kier alpha value is -0.0700. The molecule has 3 rings (SSSR count). The summed E-state index contributed by atoms with van der Waals surface area (Å²) < 4.78 is 0. The van der Waals surface area contributed by atoms with Gasteiger partial charge in [0.05, 0.1) is 0 Å². The quantitative estimate of drug-likeness (QED) is 0.810. The summed E-state index contributed by atoms with van der Waals surface area (Å²) in [6.07, 6.45) is 4.44. The number of likely N-dealkylation sites (tertiary alicyclic amines) is 2. The molecule has 0 atom stereocenters. The fraction of sp³-hybridized carbons (Fsp3) is 0.938. The minimum absolute atomic E-state index is 0. The van der Waals surface area contributed by atoms with Gasteiger partial charge in [-0.1, -0.05) is 0 Å². The number of piperidine rings is 1. The number of halogens is 2. The SMILES string of the molecule is CN1CCC2(CCN(C(=O)CCN3CCNCC3)CC2)C1.Cl.Cl. The summed E-state index contributed by atoms with van der Waals surface area (Å²) in [4.78, 5) is 19.4. The van der Waals surface area contributed by atoms with Crippen LogP contribution in [0.15, 0.2) is 0 Å². The minimum atomic E-state index is 0. The van der Waals surface area contributed by atoms with Crippen molar-refractivity contribution >= 4 is 30.7 Å². The number of piperazine rings is 1. The van der Waals surface area contributed by atoms with Crippen molar-refractivity contribution in [1.82, 2.24) is 20.0 Å². The van der Waals surface area contributed by atoms with Gasteiger partial charge in [0.2, 0.25) is 5.91 Å². The van der Waals surface area contributed by atoms with Crippen LogP contribution in [0.4, 0.5) is 0 Å². The van der Waals surface area contributed by atoms with Gasteiger partial charge in [-0.05, 0) is 38.3 Å². The lowest BCUT2D eigenvalue weighted by Crippen LogP contribution is -2.47. The largest absolute Gasteiger partial charge is 0.343 e. The molecule has 3 heterocycles. The van der Waals surface area contributed by atoms with Gasteiger partial charge in [-0.2, -0.15) is 0 Å². The third-order valence-electron chi connectivity index (χ3n) is 5.66. The van der Waals surface area contributed by atoms with E-state index in [1.54, 1.807) is 0 Å². The Morgan fingerprint density at radius 1 is 1.00 bits per heavy atom. The molecule has 0 saturated carbocycles. The summed E-state index contributed by atoms with van der Waals surface area (Å²) in [5.74, 6) is 0.370. The maximum Gasteiger partial charge on any atom is 0.223 e. The van der Waals surface area contributed by atoms with Crippen LogP contribution in [0.5, 0.6) is 0 Å². The lowest BCUT2D eigenvalue weighted by atomic mass is 9.78. The molecule has 3 fully saturated rings. The van der Waals surface area contributed by atoms with Gasteiger partial charge in [0.1, 0.15) is 0 Å². The molecule has 136 valence electrons. The number of amides is 1. The number of hydrogen-bond donors (Lipinski definition) is 1. The number of hydrogen-bond acceptors (Lipinski definition) is 4. The summed E-state index contributed by atoms with van der Waals surface area (Å²) in [6, 6.07) is 0. The van der Waals surface area contributed by atoms with Gasteiger partial charge in [-0.25, -0.2) is 0 Å². The van der Waals surface area contributed by atoms with E-state index in [4.69, 9.17) is 0 Å². The van der Waals surface area contributed by atoms with E-state index in [1.165, 1.54) is 32.4 Å². The van der Waals surface area contributed by atoms with Crippen LogP contribution in [0.3, 0.4) is 0 Å². The molecule has 5 nitrogen and oxygen atoms in total. The fourth-order valence-corrected chi connectivity index (χ4v) is 4.14. The summed E-state index contributed by atoms with van der Waals surface area (Å²) in [6.45, 7) is 9.66. The zero-order valence-corrected chi connectivity index (χ0v) is 15.9. The average molecular weight is 367 g/mol. The van der Waals surface area contributed by atoms with Gasteiger partial charge >= 0.3 is 0 Å². The minimum Gasteiger partial charge on any atom is -0.343 e. The predicted molar refractivity (Wildman–Crippen MR) is 98.8 cm³/mol. The highest BCUT2D eigenvalue weighted by Crippen LogP contribution is 2.39. The molecule has 0 aromatic heterocycles. The van der Waals surface area contributed by atoms with Crippen LogP contribution in [-0.4, -0.2) is 86.6 Å². The van der Waals surface area contributed by atoms with Gasteiger partial charge in [-0.3, -0.25) is 4.79 Å². The molecule has 1 spiro atoms. The molecule has 0 radical (unpaired) electrons. The standard InChI is InChI=1S/C16H30N4O.2ClH/c1-18-9-3-16(14-18)4-10-20(11-5-16)15(21)2-8-19-12-6-17-7-13-19;;/h17H,2-14H2,1H3;2*1H. The van der Waals surface area contributed by atoms with Crippen LogP contribution in [0.2, 0.25) is 0 Å². The van der Waals surface area contributed by atoms with Crippen LogP contribution in [-0.2, 0) is 4.79 Å². The van der Waals surface area contributed by atoms with Gasteiger partial charge < -0.3 is 20.0 Å². The molecule has 3 saturated heterocycles. The molecule has 0 unspecified atom stereocenters.